The van der Waals surface area contributed by atoms with Gasteiger partial charge in [0.05, 0.1) is 0 Å². The summed E-state index contributed by atoms with van der Waals surface area (Å²) in [6.07, 6.45) is 0. The highest BCUT2D eigenvalue weighted by Gasteiger charge is 2.40. The summed E-state index contributed by atoms with van der Waals surface area (Å²) >= 11 is 0. The standard InChI is InChI=1S/C60H42/c1-59(2)51-28-16-15-27-47(51)56-40-21-9-8-20-39(40)49(34-53(56)59)55-44-25-13-11-23-42(44)54(43-24-12-14-26-45(43)55)37-29-30-46-48(32-37)38-19-7-10-22-41(38)57-50-31-35-17-5-6-18-36(35)33-52(50)60(3,4)58(46)57/h5-34H,1-4H3. The van der Waals surface area contributed by atoms with Crippen molar-refractivity contribution >= 4 is 64.6 Å². The topological polar surface area (TPSA) is 0 Å². The average Bonchev–Trinajstić information content (AvgIpc) is 3.66. The van der Waals surface area contributed by atoms with Crippen molar-refractivity contribution in [2.75, 3.05) is 0 Å². The number of benzene rings is 11. The van der Waals surface area contributed by atoms with Gasteiger partial charge in [0.2, 0.25) is 0 Å². The molecule has 0 heterocycles. The Hall–Kier alpha value is -7.02. The van der Waals surface area contributed by atoms with Crippen molar-refractivity contribution in [3.8, 4) is 44.5 Å². The van der Waals surface area contributed by atoms with Crippen LogP contribution in [-0.4, -0.2) is 0 Å². The molecule has 0 radical (unpaired) electrons. The van der Waals surface area contributed by atoms with Crippen molar-refractivity contribution in [2.24, 2.45) is 0 Å². The van der Waals surface area contributed by atoms with Gasteiger partial charge in [-0.1, -0.05) is 185 Å². The molecule has 0 unspecified atom stereocenters. The third-order valence-electron chi connectivity index (χ3n) is 14.6. The summed E-state index contributed by atoms with van der Waals surface area (Å²) in [4.78, 5) is 0. The predicted molar refractivity (Wildman–Crippen MR) is 257 cm³/mol. The summed E-state index contributed by atoms with van der Waals surface area (Å²) in [6.45, 7) is 9.65. The zero-order valence-electron chi connectivity index (χ0n) is 34.3. The quantitative estimate of drug-likeness (QED) is 0.122. The summed E-state index contributed by atoms with van der Waals surface area (Å²) < 4.78 is 0. The lowest BCUT2D eigenvalue weighted by Crippen LogP contribution is -2.15. The van der Waals surface area contributed by atoms with Crippen LogP contribution in [0.1, 0.15) is 49.9 Å². The van der Waals surface area contributed by atoms with Crippen molar-refractivity contribution in [1.82, 2.24) is 0 Å². The molecule has 0 nitrogen and oxygen atoms in total. The van der Waals surface area contributed by atoms with Crippen molar-refractivity contribution < 1.29 is 0 Å². The molecule has 0 amide bonds. The van der Waals surface area contributed by atoms with Gasteiger partial charge in [-0.3, -0.25) is 0 Å². The van der Waals surface area contributed by atoms with Gasteiger partial charge in [-0.25, -0.2) is 0 Å². The molecule has 0 heteroatoms. The number of rotatable bonds is 2. The highest BCUT2D eigenvalue weighted by Crippen LogP contribution is 2.57. The van der Waals surface area contributed by atoms with Gasteiger partial charge >= 0.3 is 0 Å². The first-order valence-electron chi connectivity index (χ1n) is 21.4. The SMILES string of the molecule is CC1(C)c2ccccc2-c2c1cc(-c1c3ccccc3c(-c3ccc4c5c(c6ccccc6c4c3)-c3cc4ccccc4cc3C5(C)C)c3ccccc13)c1ccccc21. The highest BCUT2D eigenvalue weighted by atomic mass is 14.4. The van der Waals surface area contributed by atoms with E-state index in [9.17, 15) is 0 Å². The second-order valence-corrected chi connectivity index (χ2v) is 18.3. The summed E-state index contributed by atoms with van der Waals surface area (Å²) in [6, 6.07) is 69.1. The molecule has 2 aliphatic rings. The van der Waals surface area contributed by atoms with Crippen LogP contribution in [0.25, 0.3) is 109 Å². The number of fused-ring (bicyclic) bond motifs is 16. The molecule has 60 heavy (non-hydrogen) atoms. The van der Waals surface area contributed by atoms with Gasteiger partial charge < -0.3 is 0 Å². The third kappa shape index (κ3) is 4.31. The molecule has 0 bridgehead atoms. The average molecular weight is 763 g/mol. The van der Waals surface area contributed by atoms with Gasteiger partial charge in [-0.2, -0.15) is 0 Å². The van der Waals surface area contributed by atoms with E-state index in [1.54, 1.807) is 0 Å². The van der Waals surface area contributed by atoms with Crippen LogP contribution < -0.4 is 0 Å². The molecule has 0 fully saturated rings. The lowest BCUT2D eigenvalue weighted by molar-refractivity contribution is 0.661. The smallest absolute Gasteiger partial charge is 0.0165 e. The summed E-state index contributed by atoms with van der Waals surface area (Å²) in [7, 11) is 0. The van der Waals surface area contributed by atoms with Gasteiger partial charge in [0.1, 0.15) is 0 Å². The molecule has 0 aliphatic heterocycles. The Morgan fingerprint density at radius 1 is 0.267 bits per heavy atom. The first-order valence-corrected chi connectivity index (χ1v) is 21.4. The van der Waals surface area contributed by atoms with E-state index in [-0.39, 0.29) is 10.8 Å². The Balaban J connectivity index is 1.10. The number of hydrogen-bond acceptors (Lipinski definition) is 0. The summed E-state index contributed by atoms with van der Waals surface area (Å²) in [5, 5.41) is 15.7. The largest absolute Gasteiger partial charge is 0.0619 e. The molecule has 0 N–H and O–H groups in total. The normalized spacial score (nSPS) is 14.6. The minimum absolute atomic E-state index is 0.117. The Kier molecular flexibility index (Phi) is 6.67. The van der Waals surface area contributed by atoms with Crippen LogP contribution >= 0.6 is 0 Å². The Morgan fingerprint density at radius 3 is 1.45 bits per heavy atom. The van der Waals surface area contributed by atoms with Gasteiger partial charge in [-0.05, 0) is 156 Å². The monoisotopic (exact) mass is 762 g/mol. The number of hydrogen-bond donors (Lipinski definition) is 0. The van der Waals surface area contributed by atoms with Crippen molar-refractivity contribution in [2.45, 2.75) is 38.5 Å². The molecule has 0 saturated heterocycles. The van der Waals surface area contributed by atoms with E-state index in [4.69, 9.17) is 0 Å². The van der Waals surface area contributed by atoms with Crippen molar-refractivity contribution in [3.05, 3.63) is 204 Å². The maximum atomic E-state index is 2.54. The molecule has 282 valence electrons. The molecule has 0 spiro atoms. The molecular formula is C60H42. The zero-order chi connectivity index (χ0) is 40.1. The second-order valence-electron chi connectivity index (χ2n) is 18.3. The van der Waals surface area contributed by atoms with E-state index in [2.05, 4.69) is 210 Å². The van der Waals surface area contributed by atoms with E-state index >= 15 is 0 Å². The Labute approximate surface area is 350 Å². The molecule has 13 rings (SSSR count). The van der Waals surface area contributed by atoms with Crippen molar-refractivity contribution in [1.29, 1.82) is 0 Å². The van der Waals surface area contributed by atoms with Gasteiger partial charge in [0.25, 0.3) is 0 Å². The van der Waals surface area contributed by atoms with E-state index in [0.29, 0.717) is 0 Å². The van der Waals surface area contributed by atoms with Crippen LogP contribution in [0.3, 0.4) is 0 Å². The first-order chi connectivity index (χ1) is 29.3. The molecule has 2 aliphatic carbocycles. The summed E-state index contributed by atoms with van der Waals surface area (Å²) in [5.41, 5.74) is 16.1. The lowest BCUT2D eigenvalue weighted by atomic mass is 9.78. The van der Waals surface area contributed by atoms with E-state index in [1.165, 1.54) is 131 Å². The van der Waals surface area contributed by atoms with Gasteiger partial charge in [0, 0.05) is 10.8 Å². The third-order valence-corrected chi connectivity index (χ3v) is 14.6. The van der Waals surface area contributed by atoms with E-state index < -0.39 is 0 Å². The van der Waals surface area contributed by atoms with Crippen LogP contribution in [0, 0.1) is 0 Å². The van der Waals surface area contributed by atoms with Crippen LogP contribution in [0.15, 0.2) is 182 Å². The molecule has 11 aromatic rings. The van der Waals surface area contributed by atoms with Crippen LogP contribution in [-0.2, 0) is 10.8 Å². The minimum atomic E-state index is -0.159. The summed E-state index contributed by atoms with van der Waals surface area (Å²) in [5.74, 6) is 0. The van der Waals surface area contributed by atoms with Gasteiger partial charge in [-0.15, -0.1) is 0 Å². The lowest BCUT2D eigenvalue weighted by Gasteiger charge is -2.25. The molecule has 11 aromatic carbocycles. The molecule has 0 saturated carbocycles. The van der Waals surface area contributed by atoms with E-state index in [0.717, 1.165) is 0 Å². The molecule has 0 aromatic heterocycles. The van der Waals surface area contributed by atoms with Gasteiger partial charge in [0.15, 0.2) is 0 Å². The van der Waals surface area contributed by atoms with E-state index in [1.807, 2.05) is 0 Å². The minimum Gasteiger partial charge on any atom is -0.0619 e. The predicted octanol–water partition coefficient (Wildman–Crippen LogP) is 16.6. The zero-order valence-corrected chi connectivity index (χ0v) is 34.3. The fourth-order valence-corrected chi connectivity index (χ4v) is 11.9. The highest BCUT2D eigenvalue weighted by molar-refractivity contribution is 6.26. The Morgan fingerprint density at radius 2 is 0.783 bits per heavy atom. The van der Waals surface area contributed by atoms with Crippen LogP contribution in [0.4, 0.5) is 0 Å². The fraction of sp³-hybridized carbons (Fsp3) is 0.100. The fourth-order valence-electron chi connectivity index (χ4n) is 11.9. The Bertz CT molecular complexity index is 3650. The van der Waals surface area contributed by atoms with Crippen LogP contribution in [0.5, 0.6) is 0 Å². The maximum Gasteiger partial charge on any atom is 0.0165 e. The molecule has 0 atom stereocenters. The maximum absolute atomic E-state index is 2.54. The van der Waals surface area contributed by atoms with Crippen LogP contribution in [0.2, 0.25) is 0 Å². The molecular weight excluding hydrogens is 721 g/mol. The first kappa shape index (κ1) is 33.9. The second kappa shape index (κ2) is 11.8. The van der Waals surface area contributed by atoms with Crippen molar-refractivity contribution in [3.63, 3.8) is 0 Å².